The topological polar surface area (TPSA) is 47.6 Å². The third kappa shape index (κ3) is 2.71. The van der Waals surface area contributed by atoms with E-state index in [1.807, 2.05) is 18.2 Å². The summed E-state index contributed by atoms with van der Waals surface area (Å²) in [5.41, 5.74) is 1.99. The van der Waals surface area contributed by atoms with E-state index in [9.17, 15) is 0 Å². The standard InChI is InChI=1S/C10H7IN2/c11-10-2-1-8(3-5-12)7-9(10)4-6-13/h1-2,7H,3-4H2. The van der Waals surface area contributed by atoms with Crippen molar-refractivity contribution in [3.63, 3.8) is 0 Å². The van der Waals surface area contributed by atoms with Crippen LogP contribution >= 0.6 is 22.6 Å². The predicted molar refractivity (Wildman–Crippen MR) is 57.8 cm³/mol. The molecule has 0 fully saturated rings. The van der Waals surface area contributed by atoms with Crippen molar-refractivity contribution < 1.29 is 0 Å². The summed E-state index contributed by atoms with van der Waals surface area (Å²) >= 11 is 2.19. The van der Waals surface area contributed by atoms with E-state index in [4.69, 9.17) is 10.5 Å². The first-order chi connectivity index (χ1) is 6.27. The Morgan fingerprint density at radius 1 is 1.15 bits per heavy atom. The Kier molecular flexibility index (Phi) is 3.72. The maximum absolute atomic E-state index is 8.55. The van der Waals surface area contributed by atoms with Gasteiger partial charge in [-0.3, -0.25) is 0 Å². The zero-order valence-electron chi connectivity index (χ0n) is 6.92. The molecule has 0 aliphatic rings. The average Bonchev–Trinajstić information content (AvgIpc) is 2.12. The maximum atomic E-state index is 8.55. The maximum Gasteiger partial charge on any atom is 0.0670 e. The molecule has 0 saturated heterocycles. The Morgan fingerprint density at radius 3 is 2.46 bits per heavy atom. The molecule has 1 aromatic carbocycles. The van der Waals surface area contributed by atoms with Gasteiger partial charge in [0.15, 0.2) is 0 Å². The highest BCUT2D eigenvalue weighted by Gasteiger charge is 2.00. The van der Waals surface area contributed by atoms with Crippen LogP contribution < -0.4 is 0 Å². The van der Waals surface area contributed by atoms with Gasteiger partial charge in [0.25, 0.3) is 0 Å². The summed E-state index contributed by atoms with van der Waals surface area (Å²) in [6.07, 6.45) is 0.826. The Balaban J connectivity index is 2.99. The highest BCUT2D eigenvalue weighted by molar-refractivity contribution is 14.1. The molecule has 0 bridgehead atoms. The summed E-state index contributed by atoms with van der Waals surface area (Å²) in [6.45, 7) is 0. The molecule has 0 aliphatic carbocycles. The molecule has 0 aliphatic heterocycles. The van der Waals surface area contributed by atoms with Crippen molar-refractivity contribution in [2.75, 3.05) is 0 Å². The molecule has 0 saturated carbocycles. The molecule has 64 valence electrons. The lowest BCUT2D eigenvalue weighted by atomic mass is 10.1. The second-order valence-electron chi connectivity index (χ2n) is 2.60. The van der Waals surface area contributed by atoms with Crippen LogP contribution in [0.5, 0.6) is 0 Å². The van der Waals surface area contributed by atoms with Crippen LogP contribution in [0.3, 0.4) is 0 Å². The van der Waals surface area contributed by atoms with Gasteiger partial charge in [0.1, 0.15) is 0 Å². The number of hydrogen-bond acceptors (Lipinski definition) is 2. The molecular weight excluding hydrogens is 275 g/mol. The van der Waals surface area contributed by atoms with Crippen LogP contribution in [0.15, 0.2) is 18.2 Å². The summed E-state index contributed by atoms with van der Waals surface area (Å²) in [4.78, 5) is 0. The zero-order valence-corrected chi connectivity index (χ0v) is 9.08. The molecule has 13 heavy (non-hydrogen) atoms. The highest BCUT2D eigenvalue weighted by Crippen LogP contribution is 2.15. The van der Waals surface area contributed by atoms with Gasteiger partial charge in [0, 0.05) is 3.57 Å². The molecule has 0 spiro atoms. The van der Waals surface area contributed by atoms with E-state index in [1.165, 1.54) is 0 Å². The summed E-state index contributed by atoms with van der Waals surface area (Å²) in [6, 6.07) is 9.99. The van der Waals surface area contributed by atoms with Crippen LogP contribution in [0.2, 0.25) is 0 Å². The highest BCUT2D eigenvalue weighted by atomic mass is 127. The van der Waals surface area contributed by atoms with Crippen molar-refractivity contribution in [3.8, 4) is 12.1 Å². The lowest BCUT2D eigenvalue weighted by Gasteiger charge is -2.01. The molecule has 0 aromatic heterocycles. The molecule has 0 atom stereocenters. The minimum Gasteiger partial charge on any atom is -0.198 e. The van der Waals surface area contributed by atoms with Crippen LogP contribution in [0.4, 0.5) is 0 Å². The van der Waals surface area contributed by atoms with Crippen LogP contribution in [0.25, 0.3) is 0 Å². The summed E-state index contributed by atoms with van der Waals surface area (Å²) < 4.78 is 1.08. The fourth-order valence-electron chi connectivity index (χ4n) is 1.05. The van der Waals surface area contributed by atoms with Crippen molar-refractivity contribution in [2.45, 2.75) is 12.8 Å². The molecule has 1 aromatic rings. The van der Waals surface area contributed by atoms with Gasteiger partial charge in [-0.2, -0.15) is 10.5 Å². The molecule has 1 rings (SSSR count). The van der Waals surface area contributed by atoms with Gasteiger partial charge in [-0.25, -0.2) is 0 Å². The van der Waals surface area contributed by atoms with E-state index in [-0.39, 0.29) is 0 Å². The van der Waals surface area contributed by atoms with Gasteiger partial charge in [-0.05, 0) is 39.8 Å². The number of benzene rings is 1. The molecule has 0 heterocycles. The van der Waals surface area contributed by atoms with Crippen molar-refractivity contribution in [1.29, 1.82) is 10.5 Å². The van der Waals surface area contributed by atoms with Crippen LogP contribution in [0, 0.1) is 26.2 Å². The van der Waals surface area contributed by atoms with E-state index in [0.717, 1.165) is 14.7 Å². The fraction of sp³-hybridized carbons (Fsp3) is 0.200. The van der Waals surface area contributed by atoms with E-state index < -0.39 is 0 Å². The Labute approximate surface area is 90.9 Å². The molecular formula is C10H7IN2. The first-order valence-electron chi connectivity index (χ1n) is 3.79. The lowest BCUT2D eigenvalue weighted by Crippen LogP contribution is -1.90. The third-order valence-electron chi connectivity index (χ3n) is 1.66. The first kappa shape index (κ1) is 10.0. The molecule has 2 nitrogen and oxygen atoms in total. The summed E-state index contributed by atoms with van der Waals surface area (Å²) in [7, 11) is 0. The molecule has 0 N–H and O–H groups in total. The monoisotopic (exact) mass is 282 g/mol. The Hall–Kier alpha value is -1.07. The Morgan fingerprint density at radius 2 is 1.85 bits per heavy atom. The second kappa shape index (κ2) is 4.84. The number of nitriles is 2. The van der Waals surface area contributed by atoms with Gasteiger partial charge >= 0.3 is 0 Å². The van der Waals surface area contributed by atoms with Gasteiger partial charge in [0.05, 0.1) is 25.0 Å². The number of rotatable bonds is 2. The average molecular weight is 282 g/mol. The van der Waals surface area contributed by atoms with E-state index in [1.54, 1.807) is 0 Å². The van der Waals surface area contributed by atoms with E-state index >= 15 is 0 Å². The van der Waals surface area contributed by atoms with E-state index in [0.29, 0.717) is 12.8 Å². The second-order valence-corrected chi connectivity index (χ2v) is 3.76. The van der Waals surface area contributed by atoms with Gasteiger partial charge in [-0.1, -0.05) is 12.1 Å². The van der Waals surface area contributed by atoms with Crippen LogP contribution in [-0.2, 0) is 12.8 Å². The van der Waals surface area contributed by atoms with Gasteiger partial charge in [0.2, 0.25) is 0 Å². The molecule has 3 heteroatoms. The van der Waals surface area contributed by atoms with Crippen molar-refractivity contribution in [1.82, 2.24) is 0 Å². The van der Waals surface area contributed by atoms with Crippen molar-refractivity contribution >= 4 is 22.6 Å². The largest absolute Gasteiger partial charge is 0.198 e. The SMILES string of the molecule is N#CCc1ccc(I)c(CC#N)c1. The van der Waals surface area contributed by atoms with Gasteiger partial charge < -0.3 is 0 Å². The number of halogens is 1. The summed E-state index contributed by atoms with van der Waals surface area (Å²) in [5, 5.41) is 17.0. The summed E-state index contributed by atoms with van der Waals surface area (Å²) in [5.74, 6) is 0. The van der Waals surface area contributed by atoms with Crippen molar-refractivity contribution in [3.05, 3.63) is 32.9 Å². The third-order valence-corrected chi connectivity index (χ3v) is 2.72. The van der Waals surface area contributed by atoms with Crippen molar-refractivity contribution in [2.24, 2.45) is 0 Å². The zero-order chi connectivity index (χ0) is 9.68. The quantitative estimate of drug-likeness (QED) is 0.782. The predicted octanol–water partition coefficient (Wildman–Crippen LogP) is 2.42. The molecule has 0 radical (unpaired) electrons. The smallest absolute Gasteiger partial charge is 0.0670 e. The van der Waals surface area contributed by atoms with Crippen LogP contribution in [-0.4, -0.2) is 0 Å². The van der Waals surface area contributed by atoms with Gasteiger partial charge in [-0.15, -0.1) is 0 Å². The van der Waals surface area contributed by atoms with Crippen LogP contribution in [0.1, 0.15) is 11.1 Å². The minimum absolute atomic E-state index is 0.412. The van der Waals surface area contributed by atoms with E-state index in [2.05, 4.69) is 34.7 Å². The first-order valence-corrected chi connectivity index (χ1v) is 4.87. The Bertz CT molecular complexity index is 385. The fourth-order valence-corrected chi connectivity index (χ4v) is 1.58. The normalized spacial score (nSPS) is 8.85. The number of hydrogen-bond donors (Lipinski definition) is 0. The lowest BCUT2D eigenvalue weighted by molar-refractivity contribution is 1.19. The molecule has 0 unspecified atom stereocenters. The minimum atomic E-state index is 0.412. The number of nitrogens with zero attached hydrogens (tertiary/aromatic N) is 2. The molecule has 0 amide bonds.